The Hall–Kier alpha value is -2.25. The SMILES string of the molecule is O=C(CCCC[C@@H]1CCSS1)OC[C@@H](O)COS(=O)(=O)OC(=O)c1ccccc1OCc1ccccc1. The van der Waals surface area contributed by atoms with Gasteiger partial charge in [-0.2, -0.15) is 8.42 Å². The van der Waals surface area contributed by atoms with Crippen LogP contribution < -0.4 is 4.74 Å². The predicted molar refractivity (Wildman–Crippen MR) is 141 cm³/mol. The van der Waals surface area contributed by atoms with Gasteiger partial charge < -0.3 is 18.8 Å². The number of unbranched alkanes of at least 4 members (excludes halogenated alkanes) is 1. The van der Waals surface area contributed by atoms with E-state index in [-0.39, 0.29) is 24.3 Å². The van der Waals surface area contributed by atoms with Crippen LogP contribution in [0.1, 0.15) is 48.0 Å². The molecule has 0 spiro atoms. The first kappa shape index (κ1) is 29.3. The Morgan fingerprint density at radius 2 is 1.78 bits per heavy atom. The van der Waals surface area contributed by atoms with Gasteiger partial charge >= 0.3 is 22.3 Å². The molecule has 1 fully saturated rings. The maximum Gasteiger partial charge on any atom is 0.451 e. The lowest BCUT2D eigenvalue weighted by molar-refractivity contribution is -0.147. The fourth-order valence-corrected chi connectivity index (χ4v) is 7.01. The zero-order valence-corrected chi connectivity index (χ0v) is 22.6. The number of rotatable bonds is 15. The van der Waals surface area contributed by atoms with Crippen LogP contribution in [0.5, 0.6) is 5.75 Å². The standard InChI is InChI=1S/C25H30O9S3/c26-20(17-32-24(27)13-7-4-10-21-14-15-35-36-21)18-33-37(29,30)34-25(28)22-11-5-6-12-23(22)31-16-19-8-2-1-3-9-19/h1-3,5-6,8-9,11-12,20-21,26H,4,7,10,13-18H2/t20-,21-/m1/s1. The molecule has 1 saturated heterocycles. The summed E-state index contributed by atoms with van der Waals surface area (Å²) in [5.74, 6) is -0.365. The fraction of sp³-hybridized carbons (Fsp3) is 0.440. The Kier molecular flexibility index (Phi) is 12.1. The number of aliphatic hydroxyl groups excluding tert-OH is 1. The molecule has 3 rings (SSSR count). The van der Waals surface area contributed by atoms with Crippen LogP contribution in [0.15, 0.2) is 54.6 Å². The summed E-state index contributed by atoms with van der Waals surface area (Å²) >= 11 is 0. The third kappa shape index (κ3) is 10.9. The Labute approximate surface area is 224 Å². The zero-order valence-electron chi connectivity index (χ0n) is 20.2. The molecule has 0 aromatic heterocycles. The third-order valence-corrected chi connectivity index (χ3v) is 9.03. The lowest BCUT2D eigenvalue weighted by atomic mass is 10.1. The first-order valence-corrected chi connectivity index (χ1v) is 15.5. The van der Waals surface area contributed by atoms with Crippen molar-refractivity contribution >= 4 is 43.9 Å². The number of carbonyl (C=O) groups is 2. The summed E-state index contributed by atoms with van der Waals surface area (Å²) in [6.07, 6.45) is 2.67. The number of ether oxygens (including phenoxy) is 2. The number of esters is 1. The van der Waals surface area contributed by atoms with E-state index in [1.54, 1.807) is 6.07 Å². The molecule has 9 nitrogen and oxygen atoms in total. The summed E-state index contributed by atoms with van der Waals surface area (Å²) in [4.78, 5) is 24.3. The van der Waals surface area contributed by atoms with E-state index in [1.807, 2.05) is 51.9 Å². The van der Waals surface area contributed by atoms with Gasteiger partial charge in [0.25, 0.3) is 0 Å². The molecule has 0 saturated carbocycles. The van der Waals surface area contributed by atoms with Gasteiger partial charge in [0.2, 0.25) is 0 Å². The van der Waals surface area contributed by atoms with Crippen molar-refractivity contribution in [2.45, 2.75) is 50.1 Å². The molecular formula is C25H30O9S3. The molecule has 37 heavy (non-hydrogen) atoms. The molecule has 1 aliphatic rings. The topological polar surface area (TPSA) is 125 Å². The maximum absolute atomic E-state index is 12.5. The number of hydrogen-bond acceptors (Lipinski definition) is 11. The minimum atomic E-state index is -4.78. The van der Waals surface area contributed by atoms with Crippen molar-refractivity contribution < 1.29 is 41.0 Å². The summed E-state index contributed by atoms with van der Waals surface area (Å²) in [6.45, 7) is -1.02. The van der Waals surface area contributed by atoms with Crippen molar-refractivity contribution in [3.05, 3.63) is 65.7 Å². The highest BCUT2D eigenvalue weighted by atomic mass is 33.1. The van der Waals surface area contributed by atoms with E-state index in [1.165, 1.54) is 30.4 Å². The average Bonchev–Trinajstić information content (AvgIpc) is 3.42. The largest absolute Gasteiger partial charge is 0.488 e. The monoisotopic (exact) mass is 570 g/mol. The van der Waals surface area contributed by atoms with Gasteiger partial charge in [-0.15, -0.1) is 0 Å². The second-order valence-electron chi connectivity index (χ2n) is 8.25. The van der Waals surface area contributed by atoms with Crippen LogP contribution in [-0.2, 0) is 34.9 Å². The summed E-state index contributed by atoms with van der Waals surface area (Å²) in [7, 11) is -1.01. The van der Waals surface area contributed by atoms with Crippen LogP contribution in [0.2, 0.25) is 0 Å². The predicted octanol–water partition coefficient (Wildman–Crippen LogP) is 4.30. The Bertz CT molecular complexity index is 1100. The van der Waals surface area contributed by atoms with E-state index in [4.69, 9.17) is 9.47 Å². The molecule has 1 heterocycles. The molecule has 0 aliphatic carbocycles. The fourth-order valence-electron chi connectivity index (χ4n) is 3.34. The highest BCUT2D eigenvalue weighted by Gasteiger charge is 2.24. The van der Waals surface area contributed by atoms with Gasteiger partial charge in [-0.25, -0.2) is 8.98 Å². The van der Waals surface area contributed by atoms with Gasteiger partial charge in [-0.3, -0.25) is 4.79 Å². The van der Waals surface area contributed by atoms with Crippen molar-refractivity contribution in [2.75, 3.05) is 19.0 Å². The molecule has 1 aliphatic heterocycles. The molecule has 0 bridgehead atoms. The first-order valence-electron chi connectivity index (χ1n) is 11.8. The van der Waals surface area contributed by atoms with E-state index < -0.39 is 41.7 Å². The van der Waals surface area contributed by atoms with Crippen LogP contribution in [0.4, 0.5) is 0 Å². The molecule has 12 heteroatoms. The number of para-hydroxylation sites is 1. The van der Waals surface area contributed by atoms with Gasteiger partial charge in [0.05, 0.1) is 6.61 Å². The minimum Gasteiger partial charge on any atom is -0.488 e. The number of carbonyl (C=O) groups excluding carboxylic acids is 2. The molecular weight excluding hydrogens is 540 g/mol. The smallest absolute Gasteiger partial charge is 0.451 e. The van der Waals surface area contributed by atoms with Crippen LogP contribution in [0, 0.1) is 0 Å². The third-order valence-electron chi connectivity index (χ3n) is 5.25. The summed E-state index contributed by atoms with van der Waals surface area (Å²) in [5.41, 5.74) is 0.754. The Balaban J connectivity index is 1.37. The Morgan fingerprint density at radius 1 is 1.03 bits per heavy atom. The zero-order chi connectivity index (χ0) is 26.5. The lowest BCUT2D eigenvalue weighted by Crippen LogP contribution is -2.27. The van der Waals surface area contributed by atoms with Crippen LogP contribution in [0.25, 0.3) is 0 Å². The van der Waals surface area contributed by atoms with Crippen LogP contribution in [-0.4, -0.2) is 55.8 Å². The van der Waals surface area contributed by atoms with Crippen LogP contribution in [0.3, 0.4) is 0 Å². The van der Waals surface area contributed by atoms with Gasteiger partial charge in [-0.1, -0.05) is 70.5 Å². The summed E-state index contributed by atoms with van der Waals surface area (Å²) in [5, 5.41) is 10.6. The molecule has 0 unspecified atom stereocenters. The second kappa shape index (κ2) is 15.2. The van der Waals surface area contributed by atoms with E-state index in [0.29, 0.717) is 11.7 Å². The Morgan fingerprint density at radius 3 is 2.54 bits per heavy atom. The highest BCUT2D eigenvalue weighted by Crippen LogP contribution is 2.39. The number of benzene rings is 2. The average molecular weight is 571 g/mol. The van der Waals surface area contributed by atoms with E-state index in [9.17, 15) is 23.1 Å². The minimum absolute atomic E-state index is 0.106. The first-order chi connectivity index (χ1) is 17.8. The van der Waals surface area contributed by atoms with Crippen molar-refractivity contribution in [3.63, 3.8) is 0 Å². The second-order valence-corrected chi connectivity index (χ2v) is 12.3. The van der Waals surface area contributed by atoms with Crippen molar-refractivity contribution in [3.8, 4) is 5.75 Å². The van der Waals surface area contributed by atoms with Gasteiger partial charge in [0.1, 0.15) is 30.6 Å². The van der Waals surface area contributed by atoms with Gasteiger partial charge in [-0.05, 0) is 37.0 Å². The highest BCUT2D eigenvalue weighted by molar-refractivity contribution is 8.77. The summed E-state index contributed by atoms with van der Waals surface area (Å²) < 4.78 is 43.9. The molecule has 0 amide bonds. The van der Waals surface area contributed by atoms with E-state index in [2.05, 4.69) is 8.37 Å². The summed E-state index contributed by atoms with van der Waals surface area (Å²) in [6, 6.07) is 15.3. The van der Waals surface area contributed by atoms with Crippen molar-refractivity contribution in [1.82, 2.24) is 0 Å². The van der Waals surface area contributed by atoms with Crippen LogP contribution >= 0.6 is 21.6 Å². The van der Waals surface area contributed by atoms with E-state index >= 15 is 0 Å². The van der Waals surface area contributed by atoms with Gasteiger partial charge in [0.15, 0.2) is 0 Å². The van der Waals surface area contributed by atoms with Gasteiger partial charge in [0, 0.05) is 17.4 Å². The molecule has 202 valence electrons. The quantitative estimate of drug-likeness (QED) is 0.187. The molecule has 2 aromatic rings. The number of aliphatic hydroxyl groups is 1. The molecule has 2 aromatic carbocycles. The van der Waals surface area contributed by atoms with E-state index in [0.717, 1.165) is 18.4 Å². The number of hydrogen-bond donors (Lipinski definition) is 1. The molecule has 1 N–H and O–H groups in total. The lowest BCUT2D eigenvalue weighted by Gasteiger charge is -2.13. The van der Waals surface area contributed by atoms with Crippen molar-refractivity contribution in [2.24, 2.45) is 0 Å². The van der Waals surface area contributed by atoms with Crippen molar-refractivity contribution in [1.29, 1.82) is 0 Å². The normalized spacial score (nSPS) is 16.2. The molecule has 2 atom stereocenters. The maximum atomic E-state index is 12.5. The molecule has 0 radical (unpaired) electrons.